The van der Waals surface area contributed by atoms with Gasteiger partial charge in [-0.15, -0.1) is 0 Å². The number of aliphatic hydroxyl groups is 1. The fraction of sp³-hybridized carbons (Fsp3) is 0.667. The fourth-order valence-corrected chi connectivity index (χ4v) is 3.47. The predicted molar refractivity (Wildman–Crippen MR) is 88.3 cm³/mol. The monoisotopic (exact) mass is 290 g/mol. The van der Waals surface area contributed by atoms with Gasteiger partial charge in [0.05, 0.1) is 6.61 Å². The molecule has 1 aromatic rings. The standard InChI is InChI=1S/C18H30N2O/c1-15(2)20(14-16-8-4-3-5-9-16)18-11-7-6-10-17(18)19-12-13-21/h3-5,8-9,15,17-19,21H,6-7,10-14H2,1-2H3/t17-,18+/m1/s1. The third kappa shape index (κ3) is 4.80. The first kappa shape index (κ1) is 16.5. The molecule has 0 aromatic heterocycles. The molecule has 3 heteroatoms. The first-order chi connectivity index (χ1) is 10.2. The summed E-state index contributed by atoms with van der Waals surface area (Å²) in [7, 11) is 0. The molecule has 2 atom stereocenters. The lowest BCUT2D eigenvalue weighted by Gasteiger charge is -2.42. The van der Waals surface area contributed by atoms with Gasteiger partial charge in [0.2, 0.25) is 0 Å². The predicted octanol–water partition coefficient (Wildman–Crippen LogP) is 2.79. The van der Waals surface area contributed by atoms with E-state index in [0.717, 1.165) is 6.54 Å². The van der Waals surface area contributed by atoms with Gasteiger partial charge in [-0.2, -0.15) is 0 Å². The van der Waals surface area contributed by atoms with Crippen LogP contribution in [0.25, 0.3) is 0 Å². The zero-order chi connectivity index (χ0) is 15.1. The van der Waals surface area contributed by atoms with Crippen molar-refractivity contribution in [1.29, 1.82) is 0 Å². The zero-order valence-electron chi connectivity index (χ0n) is 13.5. The van der Waals surface area contributed by atoms with Crippen molar-refractivity contribution in [2.45, 2.75) is 64.2 Å². The molecule has 2 N–H and O–H groups in total. The van der Waals surface area contributed by atoms with Crippen LogP contribution in [0.4, 0.5) is 0 Å². The highest BCUT2D eigenvalue weighted by Gasteiger charge is 2.31. The van der Waals surface area contributed by atoms with Crippen LogP contribution >= 0.6 is 0 Å². The van der Waals surface area contributed by atoms with E-state index in [4.69, 9.17) is 5.11 Å². The Balaban J connectivity index is 2.07. The molecule has 1 aliphatic carbocycles. The quantitative estimate of drug-likeness (QED) is 0.810. The van der Waals surface area contributed by atoms with Crippen LogP contribution in [-0.2, 0) is 6.54 Å². The van der Waals surface area contributed by atoms with Gasteiger partial charge >= 0.3 is 0 Å². The topological polar surface area (TPSA) is 35.5 Å². The van der Waals surface area contributed by atoms with Crippen LogP contribution in [-0.4, -0.2) is 41.3 Å². The average molecular weight is 290 g/mol. The Hall–Kier alpha value is -0.900. The number of hydrogen-bond acceptors (Lipinski definition) is 3. The molecule has 0 radical (unpaired) electrons. The molecule has 0 heterocycles. The Morgan fingerprint density at radius 1 is 1.19 bits per heavy atom. The largest absolute Gasteiger partial charge is 0.395 e. The molecule has 0 amide bonds. The van der Waals surface area contributed by atoms with Crippen LogP contribution in [0, 0.1) is 0 Å². The summed E-state index contributed by atoms with van der Waals surface area (Å²) < 4.78 is 0. The van der Waals surface area contributed by atoms with Crippen molar-refractivity contribution >= 4 is 0 Å². The summed E-state index contributed by atoms with van der Waals surface area (Å²) in [4.78, 5) is 2.63. The fourth-order valence-electron chi connectivity index (χ4n) is 3.47. The van der Waals surface area contributed by atoms with Gasteiger partial charge in [0.25, 0.3) is 0 Å². The van der Waals surface area contributed by atoms with Gasteiger partial charge in [0.1, 0.15) is 0 Å². The van der Waals surface area contributed by atoms with Crippen LogP contribution in [0.2, 0.25) is 0 Å². The smallest absolute Gasteiger partial charge is 0.0556 e. The molecular weight excluding hydrogens is 260 g/mol. The van der Waals surface area contributed by atoms with Crippen molar-refractivity contribution in [3.63, 3.8) is 0 Å². The SMILES string of the molecule is CC(C)N(Cc1ccccc1)[C@H]1CCCC[C@H]1NCCO. The van der Waals surface area contributed by atoms with E-state index in [0.29, 0.717) is 24.7 Å². The van der Waals surface area contributed by atoms with Crippen LogP contribution in [0.1, 0.15) is 45.1 Å². The van der Waals surface area contributed by atoms with Gasteiger partial charge in [0, 0.05) is 31.2 Å². The van der Waals surface area contributed by atoms with Gasteiger partial charge in [0.15, 0.2) is 0 Å². The average Bonchev–Trinajstić information content (AvgIpc) is 2.52. The molecule has 1 aliphatic rings. The Labute approximate surface area is 129 Å². The van der Waals surface area contributed by atoms with E-state index in [1.54, 1.807) is 0 Å². The zero-order valence-corrected chi connectivity index (χ0v) is 13.5. The second kappa shape index (κ2) is 8.52. The van der Waals surface area contributed by atoms with Crippen LogP contribution in [0.3, 0.4) is 0 Å². The summed E-state index contributed by atoms with van der Waals surface area (Å²) in [5, 5.41) is 12.6. The maximum absolute atomic E-state index is 9.09. The van der Waals surface area contributed by atoms with E-state index in [2.05, 4.69) is 54.4 Å². The van der Waals surface area contributed by atoms with Gasteiger partial charge in [-0.25, -0.2) is 0 Å². The molecule has 0 unspecified atom stereocenters. The Morgan fingerprint density at radius 3 is 2.57 bits per heavy atom. The van der Waals surface area contributed by atoms with Crippen LogP contribution in [0.5, 0.6) is 0 Å². The molecule has 1 aromatic carbocycles. The Bertz CT molecular complexity index is 393. The maximum Gasteiger partial charge on any atom is 0.0556 e. The minimum atomic E-state index is 0.226. The highest BCUT2D eigenvalue weighted by Crippen LogP contribution is 2.26. The van der Waals surface area contributed by atoms with E-state index >= 15 is 0 Å². The van der Waals surface area contributed by atoms with Crippen molar-refractivity contribution in [2.24, 2.45) is 0 Å². The minimum Gasteiger partial charge on any atom is -0.395 e. The summed E-state index contributed by atoms with van der Waals surface area (Å²) in [5.41, 5.74) is 1.39. The van der Waals surface area contributed by atoms with Crippen LogP contribution in [0.15, 0.2) is 30.3 Å². The lowest BCUT2D eigenvalue weighted by atomic mass is 9.88. The summed E-state index contributed by atoms with van der Waals surface area (Å²) >= 11 is 0. The molecule has 0 aliphatic heterocycles. The highest BCUT2D eigenvalue weighted by molar-refractivity contribution is 5.15. The van der Waals surface area contributed by atoms with Crippen LogP contribution < -0.4 is 5.32 Å². The number of rotatable bonds is 7. The van der Waals surface area contributed by atoms with Gasteiger partial charge in [-0.1, -0.05) is 43.2 Å². The number of aliphatic hydroxyl groups excluding tert-OH is 1. The number of benzene rings is 1. The Kier molecular flexibility index (Phi) is 6.68. The number of nitrogens with zero attached hydrogens (tertiary/aromatic N) is 1. The normalized spacial score (nSPS) is 22.9. The molecule has 2 rings (SSSR count). The van der Waals surface area contributed by atoms with Crippen molar-refractivity contribution in [3.8, 4) is 0 Å². The third-order valence-electron chi connectivity index (χ3n) is 4.55. The first-order valence-corrected chi connectivity index (χ1v) is 8.36. The van der Waals surface area contributed by atoms with E-state index in [1.165, 1.54) is 31.2 Å². The van der Waals surface area contributed by atoms with Crippen molar-refractivity contribution < 1.29 is 5.11 Å². The molecule has 1 saturated carbocycles. The molecule has 21 heavy (non-hydrogen) atoms. The van der Waals surface area contributed by atoms with E-state index < -0.39 is 0 Å². The summed E-state index contributed by atoms with van der Waals surface area (Å²) in [6, 6.07) is 12.4. The summed E-state index contributed by atoms with van der Waals surface area (Å²) in [6.45, 7) is 6.53. The molecule has 1 fully saturated rings. The second-order valence-electron chi connectivity index (χ2n) is 6.39. The molecule has 3 nitrogen and oxygen atoms in total. The molecule has 0 spiro atoms. The van der Waals surface area contributed by atoms with Gasteiger partial charge in [-0.3, -0.25) is 4.90 Å². The molecular formula is C18H30N2O. The van der Waals surface area contributed by atoms with Gasteiger partial charge in [-0.05, 0) is 32.3 Å². The number of hydrogen-bond donors (Lipinski definition) is 2. The van der Waals surface area contributed by atoms with Gasteiger partial charge < -0.3 is 10.4 Å². The lowest BCUT2D eigenvalue weighted by molar-refractivity contribution is 0.0822. The van der Waals surface area contributed by atoms with Crippen molar-refractivity contribution in [1.82, 2.24) is 10.2 Å². The Morgan fingerprint density at radius 2 is 1.90 bits per heavy atom. The molecule has 0 saturated heterocycles. The van der Waals surface area contributed by atoms with Crippen molar-refractivity contribution in [3.05, 3.63) is 35.9 Å². The summed E-state index contributed by atoms with van der Waals surface area (Å²) in [5.74, 6) is 0. The van der Waals surface area contributed by atoms with Crippen molar-refractivity contribution in [2.75, 3.05) is 13.2 Å². The van der Waals surface area contributed by atoms with E-state index in [-0.39, 0.29) is 6.61 Å². The first-order valence-electron chi connectivity index (χ1n) is 8.36. The minimum absolute atomic E-state index is 0.226. The maximum atomic E-state index is 9.09. The lowest BCUT2D eigenvalue weighted by Crippen LogP contribution is -2.54. The molecule has 0 bridgehead atoms. The highest BCUT2D eigenvalue weighted by atomic mass is 16.3. The second-order valence-corrected chi connectivity index (χ2v) is 6.39. The number of nitrogens with one attached hydrogen (secondary N) is 1. The summed E-state index contributed by atoms with van der Waals surface area (Å²) in [6.07, 6.45) is 5.10. The third-order valence-corrected chi connectivity index (χ3v) is 4.55. The van der Waals surface area contributed by atoms with E-state index in [9.17, 15) is 0 Å². The molecule has 118 valence electrons. The van der Waals surface area contributed by atoms with E-state index in [1.807, 2.05) is 0 Å².